The van der Waals surface area contributed by atoms with Crippen molar-refractivity contribution in [1.82, 2.24) is 5.32 Å². The van der Waals surface area contributed by atoms with Crippen LogP contribution in [-0.4, -0.2) is 40.7 Å². The Labute approximate surface area is 105 Å². The van der Waals surface area contributed by atoms with Crippen molar-refractivity contribution >= 4 is 23.3 Å². The fourth-order valence-electron chi connectivity index (χ4n) is 1.88. The molecule has 2 atom stereocenters. The lowest BCUT2D eigenvalue weighted by atomic mass is 10.1. The number of rotatable bonds is 4. The third kappa shape index (κ3) is 5.29. The van der Waals surface area contributed by atoms with Gasteiger partial charge in [-0.05, 0) is 26.1 Å². The first kappa shape index (κ1) is 14.1. The van der Waals surface area contributed by atoms with Gasteiger partial charge in [0, 0.05) is 13.0 Å². The predicted octanol–water partition coefficient (Wildman–Crippen LogP) is 0.205. The molecule has 1 heterocycles. The molecule has 0 amide bonds. The minimum absolute atomic E-state index is 0.0314. The largest absolute Gasteiger partial charge is 0.481 e. The summed E-state index contributed by atoms with van der Waals surface area (Å²) in [5.41, 5.74) is 5.33. The number of carbonyl (C=O) groups is 1. The normalized spacial score (nSPS) is 27.4. The first-order valence-corrected chi connectivity index (χ1v) is 5.80. The van der Waals surface area contributed by atoms with E-state index >= 15 is 0 Å². The van der Waals surface area contributed by atoms with Crippen LogP contribution < -0.4 is 11.1 Å². The van der Waals surface area contributed by atoms with Crippen molar-refractivity contribution in [2.75, 3.05) is 6.54 Å². The predicted molar refractivity (Wildman–Crippen MR) is 65.5 cm³/mol. The van der Waals surface area contributed by atoms with Gasteiger partial charge in [0.25, 0.3) is 0 Å². The van der Waals surface area contributed by atoms with Gasteiger partial charge in [0.05, 0.1) is 18.6 Å². The maximum atomic E-state index is 10.7. The molecule has 0 radical (unpaired) electrons. The number of hydrogen-bond donors (Lipinski definition) is 3. The summed E-state index contributed by atoms with van der Waals surface area (Å²) in [7, 11) is 0. The lowest BCUT2D eigenvalue weighted by molar-refractivity contribution is -0.297. The molecule has 0 saturated carbocycles. The molecule has 1 aliphatic rings. The van der Waals surface area contributed by atoms with Gasteiger partial charge >= 0.3 is 5.97 Å². The average Bonchev–Trinajstić information content (AvgIpc) is 2.10. The number of hydrogen-bond acceptors (Lipinski definition) is 4. The lowest BCUT2D eigenvalue weighted by Crippen LogP contribution is -2.49. The topological polar surface area (TPSA) is 93.8 Å². The Balaban J connectivity index is 2.54. The van der Waals surface area contributed by atoms with Crippen molar-refractivity contribution in [3.63, 3.8) is 0 Å². The maximum absolute atomic E-state index is 10.7. The van der Waals surface area contributed by atoms with Crippen LogP contribution in [0.25, 0.3) is 0 Å². The molecule has 0 aromatic rings. The molecule has 6 nitrogen and oxygen atoms in total. The summed E-state index contributed by atoms with van der Waals surface area (Å²) in [5.74, 6) is -1.67. The van der Waals surface area contributed by atoms with Gasteiger partial charge in [-0.25, -0.2) is 0 Å². The molecule has 7 heteroatoms. The fraction of sp³-hybridized carbons (Fsp3) is 0.800. The van der Waals surface area contributed by atoms with E-state index < -0.39 is 11.8 Å². The number of nitrogens with one attached hydrogen (secondary N) is 1. The molecule has 0 aromatic carbocycles. The van der Waals surface area contributed by atoms with Crippen molar-refractivity contribution in [2.45, 2.75) is 44.7 Å². The molecule has 17 heavy (non-hydrogen) atoms. The van der Waals surface area contributed by atoms with E-state index in [1.165, 1.54) is 0 Å². The Morgan fingerprint density at radius 1 is 1.53 bits per heavy atom. The molecule has 1 saturated heterocycles. The molecule has 98 valence electrons. The van der Waals surface area contributed by atoms with Gasteiger partial charge in [-0.3, -0.25) is 4.79 Å². The van der Waals surface area contributed by atoms with E-state index in [0.717, 1.165) is 0 Å². The third-order valence-corrected chi connectivity index (χ3v) is 2.48. The van der Waals surface area contributed by atoms with Gasteiger partial charge in [0.15, 0.2) is 10.9 Å². The Kier molecular flexibility index (Phi) is 4.67. The monoisotopic (exact) mass is 262 g/mol. The van der Waals surface area contributed by atoms with E-state index in [0.29, 0.717) is 13.0 Å². The van der Waals surface area contributed by atoms with Crippen LogP contribution in [0.3, 0.4) is 0 Å². The first-order chi connectivity index (χ1) is 7.78. The average molecular weight is 262 g/mol. The number of carboxylic acids is 1. The van der Waals surface area contributed by atoms with E-state index in [-0.39, 0.29) is 23.7 Å². The zero-order valence-corrected chi connectivity index (χ0v) is 10.8. The lowest BCUT2D eigenvalue weighted by Gasteiger charge is -2.40. The minimum Gasteiger partial charge on any atom is -0.481 e. The molecule has 0 aliphatic carbocycles. The Hall–Kier alpha value is -0.920. The van der Waals surface area contributed by atoms with Crippen LogP contribution in [0.5, 0.6) is 0 Å². The Morgan fingerprint density at radius 2 is 2.12 bits per heavy atom. The summed E-state index contributed by atoms with van der Waals surface area (Å²) in [5, 5.41) is 11.8. The van der Waals surface area contributed by atoms with Gasteiger partial charge in [-0.1, -0.05) is 0 Å². The first-order valence-electron chi connectivity index (χ1n) is 5.39. The number of aliphatic carboxylic acids is 1. The number of carboxylic acid groups (broad SMARTS) is 1. The van der Waals surface area contributed by atoms with Gasteiger partial charge in [0.1, 0.15) is 0 Å². The molecule has 1 fully saturated rings. The SMILES string of the molecule is CC1(C)OC(CNC(N)=S)CC(CC(=O)O)O1. The van der Waals surface area contributed by atoms with Gasteiger partial charge in [0.2, 0.25) is 0 Å². The van der Waals surface area contributed by atoms with Crippen molar-refractivity contribution in [2.24, 2.45) is 5.73 Å². The van der Waals surface area contributed by atoms with Gasteiger partial charge in [-0.2, -0.15) is 0 Å². The summed E-state index contributed by atoms with van der Waals surface area (Å²) in [6.45, 7) is 3.97. The highest BCUT2D eigenvalue weighted by Gasteiger charge is 2.36. The number of nitrogens with two attached hydrogens (primary N) is 1. The highest BCUT2D eigenvalue weighted by Crippen LogP contribution is 2.27. The summed E-state index contributed by atoms with van der Waals surface area (Å²) in [6, 6.07) is 0. The van der Waals surface area contributed by atoms with Crippen LogP contribution in [0.2, 0.25) is 0 Å². The molecule has 0 spiro atoms. The van der Waals surface area contributed by atoms with Crippen LogP contribution in [0.15, 0.2) is 0 Å². The molecular formula is C10H18N2O4S. The molecule has 1 rings (SSSR count). The summed E-state index contributed by atoms with van der Waals surface area (Å²) in [4.78, 5) is 10.7. The maximum Gasteiger partial charge on any atom is 0.305 e. The summed E-state index contributed by atoms with van der Waals surface area (Å²) in [6.07, 6.45) is -0.0409. The number of ether oxygens (including phenoxy) is 2. The molecule has 1 aliphatic heterocycles. The fourth-order valence-corrected chi connectivity index (χ4v) is 1.96. The van der Waals surface area contributed by atoms with E-state index in [9.17, 15) is 4.79 Å². The van der Waals surface area contributed by atoms with Crippen molar-refractivity contribution in [3.8, 4) is 0 Å². The Morgan fingerprint density at radius 3 is 2.65 bits per heavy atom. The van der Waals surface area contributed by atoms with Crippen molar-refractivity contribution in [3.05, 3.63) is 0 Å². The molecule has 0 aromatic heterocycles. The van der Waals surface area contributed by atoms with E-state index in [1.807, 2.05) is 0 Å². The smallest absolute Gasteiger partial charge is 0.305 e. The van der Waals surface area contributed by atoms with E-state index in [4.69, 9.17) is 32.5 Å². The van der Waals surface area contributed by atoms with Crippen LogP contribution in [0.1, 0.15) is 26.7 Å². The van der Waals surface area contributed by atoms with E-state index in [1.54, 1.807) is 13.8 Å². The summed E-state index contributed by atoms with van der Waals surface area (Å²) >= 11 is 4.71. The minimum atomic E-state index is -0.881. The van der Waals surface area contributed by atoms with E-state index in [2.05, 4.69) is 5.32 Å². The van der Waals surface area contributed by atoms with Crippen molar-refractivity contribution in [1.29, 1.82) is 0 Å². The number of thiocarbonyl (C=S) groups is 1. The third-order valence-electron chi connectivity index (χ3n) is 2.33. The second-order valence-corrected chi connectivity index (χ2v) is 4.90. The van der Waals surface area contributed by atoms with Crippen LogP contribution >= 0.6 is 12.2 Å². The van der Waals surface area contributed by atoms with Crippen LogP contribution in [0, 0.1) is 0 Å². The van der Waals surface area contributed by atoms with Crippen LogP contribution in [-0.2, 0) is 14.3 Å². The Bertz CT molecular complexity index is 309. The second kappa shape index (κ2) is 5.61. The molecule has 0 bridgehead atoms. The highest BCUT2D eigenvalue weighted by molar-refractivity contribution is 7.80. The highest BCUT2D eigenvalue weighted by atomic mass is 32.1. The van der Waals surface area contributed by atoms with Gasteiger partial charge < -0.3 is 25.6 Å². The van der Waals surface area contributed by atoms with Gasteiger partial charge in [-0.15, -0.1) is 0 Å². The molecule has 4 N–H and O–H groups in total. The van der Waals surface area contributed by atoms with Crippen molar-refractivity contribution < 1.29 is 19.4 Å². The van der Waals surface area contributed by atoms with Crippen LogP contribution in [0.4, 0.5) is 0 Å². The molecule has 2 unspecified atom stereocenters. The zero-order chi connectivity index (χ0) is 13.1. The standard InChI is InChI=1S/C10H18N2O4S/c1-10(2)15-6(4-8(13)14)3-7(16-10)5-12-9(11)17/h6-7H,3-5H2,1-2H3,(H,13,14)(H3,11,12,17). The molecular weight excluding hydrogens is 244 g/mol. The zero-order valence-electron chi connectivity index (χ0n) is 9.93. The quantitative estimate of drug-likeness (QED) is 0.623. The second-order valence-electron chi connectivity index (χ2n) is 4.46. The summed E-state index contributed by atoms with van der Waals surface area (Å²) < 4.78 is 11.2.